The summed E-state index contributed by atoms with van der Waals surface area (Å²) < 4.78 is 2.70. The van der Waals surface area contributed by atoms with Gasteiger partial charge in [0, 0.05) is 41.1 Å². The minimum absolute atomic E-state index is 0.0518. The highest BCUT2D eigenvalue weighted by atomic mass is 127. The number of halogens is 1. The number of rotatable bonds is 3. The van der Waals surface area contributed by atoms with Gasteiger partial charge in [-0.2, -0.15) is 0 Å². The highest BCUT2D eigenvalue weighted by Crippen LogP contribution is 2.67. The minimum Gasteiger partial charge on any atom is -0.396 e. The summed E-state index contributed by atoms with van der Waals surface area (Å²) >= 11 is 2.09. The van der Waals surface area contributed by atoms with Crippen molar-refractivity contribution in [1.82, 2.24) is 19.5 Å². The van der Waals surface area contributed by atoms with Crippen LogP contribution in [0.5, 0.6) is 0 Å². The van der Waals surface area contributed by atoms with E-state index in [0.717, 1.165) is 17.6 Å². The Balaban J connectivity index is 1.81. The van der Waals surface area contributed by atoms with Crippen LogP contribution in [0, 0.1) is 15.2 Å². The van der Waals surface area contributed by atoms with Crippen molar-refractivity contribution in [2.75, 3.05) is 19.0 Å². The average molecular weight is 401 g/mol. The van der Waals surface area contributed by atoms with Crippen molar-refractivity contribution < 1.29 is 10.2 Å². The number of hydrogen-bond donors (Lipinski definition) is 3. The Bertz CT molecular complexity index is 720. The fraction of sp³-hybridized carbons (Fsp3) is 0.615. The van der Waals surface area contributed by atoms with Crippen LogP contribution >= 0.6 is 22.6 Å². The second-order valence-electron chi connectivity index (χ2n) is 5.94. The van der Waals surface area contributed by atoms with Crippen LogP contribution in [0.4, 0.5) is 5.82 Å². The Morgan fingerprint density at radius 3 is 2.95 bits per heavy atom. The van der Waals surface area contributed by atoms with E-state index >= 15 is 0 Å². The van der Waals surface area contributed by atoms with Crippen LogP contribution in [-0.2, 0) is 0 Å². The topological polar surface area (TPSA) is 96.1 Å². The molecule has 2 aliphatic rings. The van der Waals surface area contributed by atoms with Crippen molar-refractivity contribution >= 4 is 39.6 Å². The maximum atomic E-state index is 10.2. The highest BCUT2D eigenvalue weighted by Gasteiger charge is 2.67. The highest BCUT2D eigenvalue weighted by molar-refractivity contribution is 14.1. The number of aliphatic hydroxyl groups excluding tert-OH is 2. The standard InChI is InChI=1S/C13H16IN5O2/c1-15-10-9-11(18-12(14)17-10)19(5-16-9)7-2-8(21)13(4-20)3-6(7)13/h5-8,20-21H,2-4H2,1H3,(H,15,17,18)/t6-,7-,8+,13+/m1/s1. The van der Waals surface area contributed by atoms with Crippen molar-refractivity contribution in [1.29, 1.82) is 0 Å². The fourth-order valence-corrected chi connectivity index (χ4v) is 4.25. The van der Waals surface area contributed by atoms with Gasteiger partial charge in [-0.05, 0) is 18.8 Å². The van der Waals surface area contributed by atoms with Gasteiger partial charge in [0.2, 0.25) is 0 Å². The van der Waals surface area contributed by atoms with E-state index in [4.69, 9.17) is 0 Å². The molecule has 0 radical (unpaired) electrons. The Morgan fingerprint density at radius 1 is 1.52 bits per heavy atom. The van der Waals surface area contributed by atoms with Crippen LogP contribution in [0.15, 0.2) is 6.33 Å². The molecule has 2 aromatic rings. The largest absolute Gasteiger partial charge is 0.396 e. The van der Waals surface area contributed by atoms with Crippen molar-refractivity contribution in [3.05, 3.63) is 10.2 Å². The molecule has 7 nitrogen and oxygen atoms in total. The van der Waals surface area contributed by atoms with Gasteiger partial charge in [-0.15, -0.1) is 0 Å². The number of anilines is 1. The number of fused-ring (bicyclic) bond motifs is 2. The second-order valence-corrected chi connectivity index (χ2v) is 6.90. The lowest BCUT2D eigenvalue weighted by molar-refractivity contribution is 0.0600. The van der Waals surface area contributed by atoms with Gasteiger partial charge in [0.25, 0.3) is 0 Å². The van der Waals surface area contributed by atoms with Gasteiger partial charge in [0.15, 0.2) is 20.8 Å². The first-order valence-electron chi connectivity index (χ1n) is 6.97. The van der Waals surface area contributed by atoms with Crippen molar-refractivity contribution in [2.45, 2.75) is 25.0 Å². The average Bonchev–Trinajstić information content (AvgIpc) is 2.98. The molecule has 2 aromatic heterocycles. The smallest absolute Gasteiger partial charge is 0.194 e. The Kier molecular flexibility index (Phi) is 2.92. The molecule has 0 saturated heterocycles. The molecular formula is C13H16IN5O2. The van der Waals surface area contributed by atoms with E-state index in [1.807, 2.05) is 11.6 Å². The number of imidazole rings is 1. The Morgan fingerprint density at radius 2 is 2.33 bits per heavy atom. The molecule has 2 fully saturated rings. The molecule has 2 heterocycles. The molecule has 2 saturated carbocycles. The van der Waals surface area contributed by atoms with Crippen LogP contribution in [0.25, 0.3) is 11.2 Å². The number of aliphatic hydroxyl groups is 2. The lowest BCUT2D eigenvalue weighted by Gasteiger charge is -2.16. The Labute approximate surface area is 134 Å². The molecular weight excluding hydrogens is 385 g/mol. The summed E-state index contributed by atoms with van der Waals surface area (Å²) in [5, 5.41) is 22.9. The SMILES string of the molecule is CNc1nc(I)nc2c1ncn2[C@@H]1C[C@H](O)[C@]2(CO)C[C@H]12. The van der Waals surface area contributed by atoms with Gasteiger partial charge < -0.3 is 20.1 Å². The van der Waals surface area contributed by atoms with Gasteiger partial charge in [0.05, 0.1) is 19.0 Å². The third-order valence-electron chi connectivity index (χ3n) is 5.05. The van der Waals surface area contributed by atoms with Gasteiger partial charge in [-0.3, -0.25) is 0 Å². The summed E-state index contributed by atoms with van der Waals surface area (Å²) in [6, 6.07) is 0.146. The van der Waals surface area contributed by atoms with E-state index in [0.29, 0.717) is 22.0 Å². The van der Waals surface area contributed by atoms with E-state index in [-0.39, 0.29) is 18.1 Å². The number of aromatic nitrogens is 4. The fourth-order valence-electron chi connectivity index (χ4n) is 3.78. The van der Waals surface area contributed by atoms with Gasteiger partial charge in [-0.1, -0.05) is 0 Å². The van der Waals surface area contributed by atoms with Crippen LogP contribution < -0.4 is 5.32 Å². The molecule has 8 heteroatoms. The zero-order chi connectivity index (χ0) is 14.8. The van der Waals surface area contributed by atoms with E-state index in [2.05, 4.69) is 42.9 Å². The first kappa shape index (κ1) is 13.6. The predicted molar refractivity (Wildman–Crippen MR) is 84.9 cm³/mol. The minimum atomic E-state index is -0.445. The van der Waals surface area contributed by atoms with Crippen LogP contribution in [0.2, 0.25) is 0 Å². The maximum absolute atomic E-state index is 10.2. The quantitative estimate of drug-likeness (QED) is 0.520. The summed E-state index contributed by atoms with van der Waals surface area (Å²) in [4.78, 5) is 13.3. The number of nitrogens with zero attached hydrogens (tertiary/aromatic N) is 4. The number of nitrogens with one attached hydrogen (secondary N) is 1. The molecule has 21 heavy (non-hydrogen) atoms. The summed E-state index contributed by atoms with van der Waals surface area (Å²) in [6.45, 7) is 0.0518. The number of hydrogen-bond acceptors (Lipinski definition) is 6. The van der Waals surface area contributed by atoms with Gasteiger partial charge in [0.1, 0.15) is 0 Å². The summed E-state index contributed by atoms with van der Waals surface area (Å²) in [7, 11) is 1.81. The van der Waals surface area contributed by atoms with Gasteiger partial charge in [-0.25, -0.2) is 15.0 Å². The lowest BCUT2D eigenvalue weighted by Crippen LogP contribution is -2.22. The van der Waals surface area contributed by atoms with E-state index in [9.17, 15) is 10.2 Å². The molecule has 0 spiro atoms. The molecule has 0 amide bonds. The van der Waals surface area contributed by atoms with Gasteiger partial charge >= 0.3 is 0 Å². The third kappa shape index (κ3) is 1.75. The monoisotopic (exact) mass is 401 g/mol. The van der Waals surface area contributed by atoms with Crippen molar-refractivity contribution in [2.24, 2.45) is 11.3 Å². The third-order valence-corrected chi connectivity index (χ3v) is 5.54. The van der Waals surface area contributed by atoms with Crippen LogP contribution in [0.3, 0.4) is 0 Å². The summed E-state index contributed by atoms with van der Waals surface area (Å²) in [6.07, 6.45) is 2.85. The van der Waals surface area contributed by atoms with Crippen LogP contribution in [0.1, 0.15) is 18.9 Å². The van der Waals surface area contributed by atoms with Crippen molar-refractivity contribution in [3.63, 3.8) is 0 Å². The van der Waals surface area contributed by atoms with E-state index in [1.54, 1.807) is 6.33 Å². The summed E-state index contributed by atoms with van der Waals surface area (Å²) in [5.74, 6) is 1.02. The molecule has 0 aliphatic heterocycles. The normalized spacial score (nSPS) is 34.2. The van der Waals surface area contributed by atoms with E-state index in [1.165, 1.54) is 0 Å². The zero-order valence-corrected chi connectivity index (χ0v) is 13.6. The zero-order valence-electron chi connectivity index (χ0n) is 11.5. The molecule has 4 atom stereocenters. The molecule has 112 valence electrons. The lowest BCUT2D eigenvalue weighted by atomic mass is 10.0. The van der Waals surface area contributed by atoms with Crippen molar-refractivity contribution in [3.8, 4) is 0 Å². The molecule has 2 aliphatic carbocycles. The first-order chi connectivity index (χ1) is 10.1. The molecule has 0 unspecified atom stereocenters. The maximum Gasteiger partial charge on any atom is 0.194 e. The van der Waals surface area contributed by atoms with E-state index < -0.39 is 6.10 Å². The Hall–Kier alpha value is -1.00. The molecule has 3 N–H and O–H groups in total. The first-order valence-corrected chi connectivity index (χ1v) is 8.05. The molecule has 0 bridgehead atoms. The predicted octanol–water partition coefficient (Wildman–Crippen LogP) is 0.777. The van der Waals surface area contributed by atoms with Crippen LogP contribution in [-0.4, -0.2) is 49.5 Å². The summed E-state index contributed by atoms with van der Waals surface area (Å²) in [5.41, 5.74) is 1.24. The molecule has 4 rings (SSSR count). The second kappa shape index (κ2) is 4.50. The molecule has 0 aromatic carbocycles.